The molecular formula is C41H40O11S. The van der Waals surface area contributed by atoms with Crippen LogP contribution in [0.15, 0.2) is 128 Å². The lowest BCUT2D eigenvalue weighted by Gasteiger charge is -2.10. The Morgan fingerprint density at radius 2 is 1.00 bits per heavy atom. The molecule has 3 aromatic carbocycles. The number of thioether (sulfide) groups is 1. The molecule has 1 aliphatic carbocycles. The van der Waals surface area contributed by atoms with E-state index in [1.165, 1.54) is 0 Å². The summed E-state index contributed by atoms with van der Waals surface area (Å²) in [6, 6.07) is 19.7. The summed E-state index contributed by atoms with van der Waals surface area (Å²) in [6.07, 6.45) is 4.63. The molecule has 12 heteroatoms. The molecule has 0 radical (unpaired) electrons. The lowest BCUT2D eigenvalue weighted by atomic mass is 10.2. The number of carbonyl (C=O) groups is 5. The van der Waals surface area contributed by atoms with Crippen molar-refractivity contribution in [3.63, 3.8) is 0 Å². The zero-order chi connectivity index (χ0) is 38.2. The van der Waals surface area contributed by atoms with Crippen molar-refractivity contribution in [2.75, 3.05) is 26.4 Å². The number of rotatable bonds is 21. The maximum Gasteiger partial charge on any atom is 0.343 e. The Balaban J connectivity index is 1.14. The quantitative estimate of drug-likeness (QED) is 0.0264. The normalized spacial score (nSPS) is 14.1. The second-order valence-corrected chi connectivity index (χ2v) is 12.7. The SMILES string of the molecule is C=CC(=O)OCCCCOc1ccc(C(=O)Sc2ccc(C(=O)OC(=C)C3CC3C(=C)OC(=O)c3ccc(OCCCOC(=O)C=C)cc3)cc2)cc1. The summed E-state index contributed by atoms with van der Waals surface area (Å²) in [5.41, 5.74) is 1.09. The van der Waals surface area contributed by atoms with Crippen LogP contribution in [0.4, 0.5) is 0 Å². The van der Waals surface area contributed by atoms with Gasteiger partial charge in [-0.15, -0.1) is 0 Å². The van der Waals surface area contributed by atoms with Crippen LogP contribution in [0.1, 0.15) is 56.8 Å². The molecule has 4 rings (SSSR count). The molecule has 0 saturated heterocycles. The number of allylic oxidation sites excluding steroid dienone is 2. The van der Waals surface area contributed by atoms with Crippen LogP contribution < -0.4 is 9.47 Å². The van der Waals surface area contributed by atoms with Gasteiger partial charge < -0.3 is 28.4 Å². The van der Waals surface area contributed by atoms with Gasteiger partial charge in [-0.25, -0.2) is 19.2 Å². The first kappa shape index (κ1) is 39.9. The molecule has 3 aromatic rings. The van der Waals surface area contributed by atoms with Crippen LogP contribution in [0.25, 0.3) is 0 Å². The van der Waals surface area contributed by atoms with E-state index in [4.69, 9.17) is 28.4 Å². The van der Waals surface area contributed by atoms with E-state index in [-0.39, 0.29) is 40.6 Å². The molecule has 276 valence electrons. The molecule has 0 aliphatic heterocycles. The minimum atomic E-state index is -0.598. The van der Waals surface area contributed by atoms with Crippen LogP contribution in [0.5, 0.6) is 11.5 Å². The summed E-state index contributed by atoms with van der Waals surface area (Å²) in [4.78, 5) is 61.1. The van der Waals surface area contributed by atoms with Crippen molar-refractivity contribution < 1.29 is 52.4 Å². The van der Waals surface area contributed by atoms with E-state index in [1.54, 1.807) is 72.8 Å². The van der Waals surface area contributed by atoms with Crippen LogP contribution in [0, 0.1) is 11.8 Å². The molecule has 2 atom stereocenters. The van der Waals surface area contributed by atoms with Gasteiger partial charge in [0.2, 0.25) is 5.12 Å². The van der Waals surface area contributed by atoms with Gasteiger partial charge in [0, 0.05) is 40.9 Å². The zero-order valence-electron chi connectivity index (χ0n) is 29.1. The minimum absolute atomic E-state index is 0.173. The maximum absolute atomic E-state index is 12.8. The summed E-state index contributed by atoms with van der Waals surface area (Å²) >= 11 is 1.02. The second kappa shape index (κ2) is 20.2. The van der Waals surface area contributed by atoms with E-state index in [0.717, 1.165) is 23.9 Å². The van der Waals surface area contributed by atoms with Crippen LogP contribution in [0.2, 0.25) is 0 Å². The Bertz CT molecular complexity index is 1810. The Morgan fingerprint density at radius 3 is 1.49 bits per heavy atom. The van der Waals surface area contributed by atoms with Gasteiger partial charge in [-0.05, 0) is 104 Å². The molecule has 0 aromatic heterocycles. The highest BCUT2D eigenvalue weighted by Gasteiger charge is 2.45. The van der Waals surface area contributed by atoms with Gasteiger partial charge in [0.25, 0.3) is 0 Å². The molecule has 1 saturated carbocycles. The molecule has 1 fully saturated rings. The summed E-state index contributed by atoms with van der Waals surface area (Å²) in [5, 5.41) is -0.173. The van der Waals surface area contributed by atoms with Crippen molar-refractivity contribution in [3.05, 3.63) is 139 Å². The number of hydrogen-bond donors (Lipinski definition) is 0. The van der Waals surface area contributed by atoms with Crippen molar-refractivity contribution >= 4 is 40.8 Å². The number of hydrogen-bond acceptors (Lipinski definition) is 12. The van der Waals surface area contributed by atoms with E-state index in [2.05, 4.69) is 26.3 Å². The fraction of sp³-hybridized carbons (Fsp3) is 0.244. The highest BCUT2D eigenvalue weighted by atomic mass is 32.2. The van der Waals surface area contributed by atoms with Gasteiger partial charge in [-0.1, -0.05) is 26.3 Å². The van der Waals surface area contributed by atoms with Crippen LogP contribution in [-0.2, 0) is 28.5 Å². The fourth-order valence-electron chi connectivity index (χ4n) is 4.72. The van der Waals surface area contributed by atoms with Gasteiger partial charge >= 0.3 is 23.9 Å². The molecule has 0 amide bonds. The minimum Gasteiger partial charge on any atom is -0.494 e. The summed E-state index contributed by atoms with van der Waals surface area (Å²) in [6.45, 7) is 15.7. The number of carbonyl (C=O) groups excluding carboxylic acids is 5. The predicted molar refractivity (Wildman–Crippen MR) is 197 cm³/mol. The molecule has 2 unspecified atom stereocenters. The van der Waals surface area contributed by atoms with Gasteiger partial charge in [0.1, 0.15) is 23.0 Å². The summed E-state index contributed by atoms with van der Waals surface area (Å²) in [7, 11) is 0. The van der Waals surface area contributed by atoms with E-state index in [1.807, 2.05) is 0 Å². The first-order valence-electron chi connectivity index (χ1n) is 16.8. The molecule has 0 bridgehead atoms. The average Bonchev–Trinajstić information content (AvgIpc) is 3.98. The molecule has 1 aliphatic rings. The van der Waals surface area contributed by atoms with E-state index in [0.29, 0.717) is 73.0 Å². The maximum atomic E-state index is 12.8. The third kappa shape index (κ3) is 13.0. The van der Waals surface area contributed by atoms with Crippen molar-refractivity contribution in [2.24, 2.45) is 11.8 Å². The monoisotopic (exact) mass is 740 g/mol. The van der Waals surface area contributed by atoms with Crippen LogP contribution >= 0.6 is 11.8 Å². The number of unbranched alkanes of at least 4 members (excludes halogenated alkanes) is 1. The molecular weight excluding hydrogens is 701 g/mol. The highest BCUT2D eigenvalue weighted by molar-refractivity contribution is 8.14. The highest BCUT2D eigenvalue weighted by Crippen LogP contribution is 2.48. The van der Waals surface area contributed by atoms with Crippen molar-refractivity contribution in [3.8, 4) is 11.5 Å². The third-order valence-corrected chi connectivity index (χ3v) is 8.66. The van der Waals surface area contributed by atoms with Crippen molar-refractivity contribution in [2.45, 2.75) is 30.6 Å². The second-order valence-electron chi connectivity index (χ2n) is 11.6. The topological polar surface area (TPSA) is 141 Å². The lowest BCUT2D eigenvalue weighted by molar-refractivity contribution is -0.138. The fourth-order valence-corrected chi connectivity index (χ4v) is 5.46. The molecule has 53 heavy (non-hydrogen) atoms. The summed E-state index contributed by atoms with van der Waals surface area (Å²) in [5.74, 6) is -0.933. The third-order valence-electron chi connectivity index (χ3n) is 7.73. The van der Waals surface area contributed by atoms with E-state index >= 15 is 0 Å². The molecule has 0 spiro atoms. The van der Waals surface area contributed by atoms with E-state index in [9.17, 15) is 24.0 Å². The van der Waals surface area contributed by atoms with Gasteiger partial charge in [-0.2, -0.15) is 0 Å². The Labute approximate surface area is 312 Å². The smallest absolute Gasteiger partial charge is 0.343 e. The predicted octanol–water partition coefficient (Wildman–Crippen LogP) is 7.68. The van der Waals surface area contributed by atoms with Gasteiger partial charge in [0.15, 0.2) is 0 Å². The Hall–Kier alpha value is -5.88. The van der Waals surface area contributed by atoms with Gasteiger partial charge in [-0.3, -0.25) is 4.79 Å². The van der Waals surface area contributed by atoms with Crippen molar-refractivity contribution in [1.29, 1.82) is 0 Å². The Kier molecular flexibility index (Phi) is 15.2. The largest absolute Gasteiger partial charge is 0.494 e. The zero-order valence-corrected chi connectivity index (χ0v) is 29.9. The van der Waals surface area contributed by atoms with Crippen LogP contribution in [-0.4, -0.2) is 55.4 Å². The standard InChI is InChI=1S/C41H40O11S/c1-5-37(42)49-23-8-7-22-47-33-18-12-31(13-19-33)41(46)53-34-20-14-30(15-21-34)40(45)52-28(4)36-26-35(36)27(3)51-39(44)29-10-16-32(17-11-29)48-24-9-25-50-38(43)6-2/h5-6,10-21,35-36H,1-4,7-9,22-26H2. The van der Waals surface area contributed by atoms with Gasteiger partial charge in [0.05, 0.1) is 37.6 Å². The summed E-state index contributed by atoms with van der Waals surface area (Å²) < 4.78 is 32.1. The number of ether oxygens (including phenoxy) is 6. The lowest BCUT2D eigenvalue weighted by Crippen LogP contribution is -2.09. The first-order chi connectivity index (χ1) is 25.6. The molecule has 0 N–H and O–H groups in total. The van der Waals surface area contributed by atoms with E-state index < -0.39 is 23.9 Å². The van der Waals surface area contributed by atoms with Crippen LogP contribution in [0.3, 0.4) is 0 Å². The Morgan fingerprint density at radius 1 is 0.585 bits per heavy atom. The average molecular weight is 741 g/mol. The number of benzene rings is 3. The molecule has 0 heterocycles. The van der Waals surface area contributed by atoms with Crippen molar-refractivity contribution in [1.82, 2.24) is 0 Å². The number of esters is 4. The first-order valence-corrected chi connectivity index (χ1v) is 17.6. The molecule has 11 nitrogen and oxygen atoms in total.